The lowest BCUT2D eigenvalue weighted by Gasteiger charge is -2.39. The number of nitrogens with zero attached hydrogens (tertiary/aromatic N) is 1. The number of hydrogen-bond donors (Lipinski definition) is 1. The van der Waals surface area contributed by atoms with Crippen molar-refractivity contribution in [3.05, 3.63) is 12.7 Å². The average Bonchev–Trinajstić information content (AvgIpc) is 3.08. The molecular formula is C14H22N2O2. The molecule has 0 aromatic carbocycles. The molecule has 0 aromatic rings. The van der Waals surface area contributed by atoms with Crippen LogP contribution >= 0.6 is 0 Å². The summed E-state index contributed by atoms with van der Waals surface area (Å²) in [6.45, 7) is 8.28. The van der Waals surface area contributed by atoms with E-state index in [9.17, 15) is 9.59 Å². The van der Waals surface area contributed by atoms with Gasteiger partial charge in [0.05, 0.1) is 0 Å². The first kappa shape index (κ1) is 13.1. The van der Waals surface area contributed by atoms with Crippen LogP contribution in [0.4, 0.5) is 0 Å². The fourth-order valence-electron chi connectivity index (χ4n) is 2.65. The van der Waals surface area contributed by atoms with Gasteiger partial charge in [0.25, 0.3) is 0 Å². The van der Waals surface area contributed by atoms with E-state index in [-0.39, 0.29) is 23.9 Å². The summed E-state index contributed by atoms with van der Waals surface area (Å²) in [6.07, 6.45) is 4.51. The van der Waals surface area contributed by atoms with Crippen LogP contribution in [0.2, 0.25) is 0 Å². The van der Waals surface area contributed by atoms with Crippen molar-refractivity contribution in [1.82, 2.24) is 10.2 Å². The standard InChI is InChI=1S/C14H22N2O2/c1-4-7-16-12(10-5-6-10)13(17)15-11(14(16)18)8-9(2)3/h4,9-12H,1,5-8H2,2-3H3,(H,15,17). The van der Waals surface area contributed by atoms with Crippen LogP contribution in [0.1, 0.15) is 33.1 Å². The second kappa shape index (κ2) is 5.12. The van der Waals surface area contributed by atoms with Crippen LogP contribution in [0.3, 0.4) is 0 Å². The van der Waals surface area contributed by atoms with Crippen molar-refractivity contribution in [2.24, 2.45) is 11.8 Å². The zero-order chi connectivity index (χ0) is 13.3. The van der Waals surface area contributed by atoms with E-state index in [1.54, 1.807) is 11.0 Å². The van der Waals surface area contributed by atoms with E-state index in [4.69, 9.17) is 0 Å². The van der Waals surface area contributed by atoms with E-state index in [0.717, 1.165) is 12.8 Å². The van der Waals surface area contributed by atoms with Gasteiger partial charge in [0.2, 0.25) is 11.8 Å². The SMILES string of the molecule is C=CCN1C(=O)C(CC(C)C)NC(=O)C1C1CC1. The lowest BCUT2D eigenvalue weighted by molar-refractivity contribution is -0.150. The Morgan fingerprint density at radius 3 is 2.61 bits per heavy atom. The number of carbonyl (C=O) groups is 2. The minimum Gasteiger partial charge on any atom is -0.342 e. The van der Waals surface area contributed by atoms with Crippen molar-refractivity contribution in [3.63, 3.8) is 0 Å². The van der Waals surface area contributed by atoms with Crippen molar-refractivity contribution in [2.75, 3.05) is 6.54 Å². The van der Waals surface area contributed by atoms with Crippen LogP contribution < -0.4 is 5.32 Å². The zero-order valence-corrected chi connectivity index (χ0v) is 11.2. The van der Waals surface area contributed by atoms with Crippen molar-refractivity contribution in [3.8, 4) is 0 Å². The van der Waals surface area contributed by atoms with Gasteiger partial charge in [-0.25, -0.2) is 0 Å². The van der Waals surface area contributed by atoms with Crippen LogP contribution in [0.5, 0.6) is 0 Å². The quantitative estimate of drug-likeness (QED) is 0.748. The highest BCUT2D eigenvalue weighted by Gasteiger charge is 2.47. The highest BCUT2D eigenvalue weighted by molar-refractivity contribution is 5.97. The topological polar surface area (TPSA) is 49.4 Å². The van der Waals surface area contributed by atoms with Crippen molar-refractivity contribution < 1.29 is 9.59 Å². The maximum absolute atomic E-state index is 12.4. The highest BCUT2D eigenvalue weighted by atomic mass is 16.2. The van der Waals surface area contributed by atoms with Gasteiger partial charge < -0.3 is 10.2 Å². The van der Waals surface area contributed by atoms with Crippen molar-refractivity contribution in [1.29, 1.82) is 0 Å². The molecule has 100 valence electrons. The molecule has 4 heteroatoms. The molecule has 2 aliphatic rings. The monoisotopic (exact) mass is 250 g/mol. The van der Waals surface area contributed by atoms with E-state index in [1.165, 1.54) is 0 Å². The normalized spacial score (nSPS) is 28.5. The molecule has 2 fully saturated rings. The molecule has 2 atom stereocenters. The first-order valence-electron chi connectivity index (χ1n) is 6.76. The summed E-state index contributed by atoms with van der Waals surface area (Å²) in [5.41, 5.74) is 0. The summed E-state index contributed by atoms with van der Waals surface area (Å²) in [5.74, 6) is 0.820. The van der Waals surface area contributed by atoms with E-state index in [0.29, 0.717) is 24.8 Å². The molecule has 0 aromatic heterocycles. The van der Waals surface area contributed by atoms with E-state index in [2.05, 4.69) is 25.7 Å². The fraction of sp³-hybridized carbons (Fsp3) is 0.714. The second-order valence-electron chi connectivity index (χ2n) is 5.75. The molecule has 4 nitrogen and oxygen atoms in total. The fourth-order valence-corrected chi connectivity index (χ4v) is 2.65. The van der Waals surface area contributed by atoms with E-state index >= 15 is 0 Å². The third-order valence-corrected chi connectivity index (χ3v) is 3.60. The summed E-state index contributed by atoms with van der Waals surface area (Å²) >= 11 is 0. The van der Waals surface area contributed by atoms with E-state index < -0.39 is 0 Å². The summed E-state index contributed by atoms with van der Waals surface area (Å²) < 4.78 is 0. The van der Waals surface area contributed by atoms with Gasteiger partial charge in [0.1, 0.15) is 12.1 Å². The summed E-state index contributed by atoms with van der Waals surface area (Å²) in [5, 5.41) is 2.89. The van der Waals surface area contributed by atoms with Gasteiger partial charge in [0, 0.05) is 6.54 Å². The average molecular weight is 250 g/mol. The minimum absolute atomic E-state index is 0.0181. The number of nitrogens with one attached hydrogen (secondary N) is 1. The molecule has 2 unspecified atom stereocenters. The van der Waals surface area contributed by atoms with Crippen molar-refractivity contribution >= 4 is 11.8 Å². The summed E-state index contributed by atoms with van der Waals surface area (Å²) in [7, 11) is 0. The van der Waals surface area contributed by atoms with Gasteiger partial charge in [-0.2, -0.15) is 0 Å². The Morgan fingerprint density at radius 1 is 1.44 bits per heavy atom. The van der Waals surface area contributed by atoms with Gasteiger partial charge >= 0.3 is 0 Å². The van der Waals surface area contributed by atoms with E-state index in [1.807, 2.05) is 0 Å². The highest BCUT2D eigenvalue weighted by Crippen LogP contribution is 2.37. The molecule has 2 amide bonds. The summed E-state index contributed by atoms with van der Waals surface area (Å²) in [6, 6.07) is -0.619. The lowest BCUT2D eigenvalue weighted by atomic mass is 9.97. The molecule has 2 rings (SSSR count). The number of rotatable bonds is 5. The van der Waals surface area contributed by atoms with Crippen LogP contribution in [0.25, 0.3) is 0 Å². The predicted octanol–water partition coefficient (Wildman–Crippen LogP) is 1.32. The molecule has 1 aliphatic carbocycles. The van der Waals surface area contributed by atoms with Crippen LogP contribution in [0, 0.1) is 11.8 Å². The molecule has 1 aliphatic heterocycles. The number of carbonyl (C=O) groups excluding carboxylic acids is 2. The maximum Gasteiger partial charge on any atom is 0.246 e. The molecule has 0 spiro atoms. The molecule has 0 bridgehead atoms. The molecule has 1 heterocycles. The Bertz CT molecular complexity index is 361. The Kier molecular flexibility index (Phi) is 3.73. The first-order valence-corrected chi connectivity index (χ1v) is 6.76. The predicted molar refractivity (Wildman–Crippen MR) is 69.8 cm³/mol. The Labute approximate surface area is 108 Å². The van der Waals surface area contributed by atoms with Gasteiger partial charge in [-0.05, 0) is 31.1 Å². The summed E-state index contributed by atoms with van der Waals surface area (Å²) in [4.78, 5) is 26.3. The number of piperazine rings is 1. The molecule has 18 heavy (non-hydrogen) atoms. The number of amides is 2. The minimum atomic E-state index is -0.354. The van der Waals surface area contributed by atoms with Gasteiger partial charge in [-0.1, -0.05) is 19.9 Å². The molecule has 1 saturated carbocycles. The largest absolute Gasteiger partial charge is 0.342 e. The zero-order valence-electron chi connectivity index (χ0n) is 11.2. The van der Waals surface area contributed by atoms with Crippen molar-refractivity contribution in [2.45, 2.75) is 45.2 Å². The lowest BCUT2D eigenvalue weighted by Crippen LogP contribution is -2.64. The van der Waals surface area contributed by atoms with Gasteiger partial charge in [-0.15, -0.1) is 6.58 Å². The van der Waals surface area contributed by atoms with Crippen LogP contribution in [0.15, 0.2) is 12.7 Å². The third-order valence-electron chi connectivity index (χ3n) is 3.60. The number of hydrogen-bond acceptors (Lipinski definition) is 2. The Balaban J connectivity index is 2.15. The smallest absolute Gasteiger partial charge is 0.246 e. The maximum atomic E-state index is 12.4. The Morgan fingerprint density at radius 2 is 2.11 bits per heavy atom. The first-order chi connectivity index (χ1) is 8.54. The molecule has 0 radical (unpaired) electrons. The molecular weight excluding hydrogens is 228 g/mol. The van der Waals surface area contributed by atoms with Crippen LogP contribution in [-0.4, -0.2) is 35.3 Å². The molecule has 1 N–H and O–H groups in total. The third kappa shape index (κ3) is 2.57. The van der Waals surface area contributed by atoms with Crippen LogP contribution in [-0.2, 0) is 9.59 Å². The van der Waals surface area contributed by atoms with Gasteiger partial charge in [0.15, 0.2) is 0 Å². The molecule has 1 saturated heterocycles. The second-order valence-corrected chi connectivity index (χ2v) is 5.75. The van der Waals surface area contributed by atoms with Gasteiger partial charge in [-0.3, -0.25) is 9.59 Å². The Hall–Kier alpha value is -1.32.